The molecule has 164 valence electrons. The van der Waals surface area contributed by atoms with Crippen LogP contribution in [-0.2, 0) is 23.9 Å². The average molecular weight is 424 g/mol. The van der Waals surface area contributed by atoms with Crippen LogP contribution in [0.25, 0.3) is 0 Å². The van der Waals surface area contributed by atoms with Crippen molar-refractivity contribution >= 4 is 11.9 Å². The molecule has 0 unspecified atom stereocenters. The summed E-state index contributed by atoms with van der Waals surface area (Å²) < 4.78 is 44.0. The molecule has 0 aliphatic heterocycles. The monoisotopic (exact) mass is 424 g/mol. The molecule has 1 aromatic heterocycles. The van der Waals surface area contributed by atoms with Crippen LogP contribution in [0.15, 0.2) is 52.1 Å². The fourth-order valence-corrected chi connectivity index (χ4v) is 2.58. The maximum atomic E-state index is 12.9. The van der Waals surface area contributed by atoms with E-state index < -0.39 is 11.7 Å². The molecule has 0 bridgehead atoms. The highest BCUT2D eigenvalue weighted by atomic mass is 19.4. The summed E-state index contributed by atoms with van der Waals surface area (Å²) in [5, 5.41) is 8.81. The van der Waals surface area contributed by atoms with Crippen LogP contribution in [0.2, 0.25) is 0 Å². The van der Waals surface area contributed by atoms with Crippen molar-refractivity contribution in [3.63, 3.8) is 0 Å². The molecule has 0 radical (unpaired) electrons. The van der Waals surface area contributed by atoms with Crippen LogP contribution in [0.4, 0.5) is 13.2 Å². The first kappa shape index (κ1) is 23.3. The lowest BCUT2D eigenvalue weighted by Gasteiger charge is -2.21. The van der Waals surface area contributed by atoms with Crippen LogP contribution >= 0.6 is 0 Å². The van der Waals surface area contributed by atoms with E-state index in [9.17, 15) is 18.0 Å². The van der Waals surface area contributed by atoms with Crippen LogP contribution in [0.3, 0.4) is 0 Å². The molecule has 1 heterocycles. The highest BCUT2D eigenvalue weighted by Crippen LogP contribution is 2.29. The van der Waals surface area contributed by atoms with Crippen LogP contribution < -0.4 is 16.0 Å². The third kappa shape index (κ3) is 8.59. The first-order valence-electron chi connectivity index (χ1n) is 9.55. The summed E-state index contributed by atoms with van der Waals surface area (Å²) in [6.45, 7) is 6.09. The summed E-state index contributed by atoms with van der Waals surface area (Å²) in [5.41, 5.74) is -0.683. The Morgan fingerprint density at radius 2 is 1.87 bits per heavy atom. The van der Waals surface area contributed by atoms with Crippen LogP contribution in [-0.4, -0.2) is 30.5 Å². The zero-order valence-corrected chi connectivity index (χ0v) is 17.3. The van der Waals surface area contributed by atoms with E-state index in [2.05, 4.69) is 20.9 Å². The van der Waals surface area contributed by atoms with Crippen molar-refractivity contribution in [1.82, 2.24) is 16.0 Å². The lowest BCUT2D eigenvalue weighted by molar-refractivity contribution is -0.137. The van der Waals surface area contributed by atoms with E-state index in [0.717, 1.165) is 17.9 Å². The number of carbonyl (C=O) groups excluding carboxylic acids is 1. The zero-order valence-electron chi connectivity index (χ0n) is 17.3. The fourth-order valence-electron chi connectivity index (χ4n) is 2.58. The van der Waals surface area contributed by atoms with Gasteiger partial charge in [0, 0.05) is 18.5 Å². The van der Waals surface area contributed by atoms with Gasteiger partial charge in [0.2, 0.25) is 5.91 Å². The van der Waals surface area contributed by atoms with Crippen molar-refractivity contribution in [1.29, 1.82) is 0 Å². The van der Waals surface area contributed by atoms with Gasteiger partial charge in [-0.05, 0) is 50.6 Å². The highest BCUT2D eigenvalue weighted by molar-refractivity contribution is 5.86. The first-order chi connectivity index (χ1) is 14.0. The third-order valence-electron chi connectivity index (χ3n) is 3.85. The molecule has 0 saturated carbocycles. The van der Waals surface area contributed by atoms with E-state index in [4.69, 9.17) is 4.42 Å². The average Bonchev–Trinajstić information content (AvgIpc) is 3.15. The van der Waals surface area contributed by atoms with Crippen LogP contribution in [0, 0.1) is 0 Å². The molecule has 1 aromatic carbocycles. The predicted molar refractivity (Wildman–Crippen MR) is 109 cm³/mol. The van der Waals surface area contributed by atoms with Crippen LogP contribution in [0.1, 0.15) is 37.7 Å². The topological polar surface area (TPSA) is 78.7 Å². The minimum atomic E-state index is -4.41. The Morgan fingerprint density at radius 3 is 2.50 bits per heavy atom. The lowest BCUT2D eigenvalue weighted by atomic mass is 10.1. The van der Waals surface area contributed by atoms with E-state index in [0.29, 0.717) is 24.5 Å². The van der Waals surface area contributed by atoms with Crippen LogP contribution in [0.5, 0.6) is 0 Å². The molecule has 2 aromatic rings. The van der Waals surface area contributed by atoms with Gasteiger partial charge in [-0.3, -0.25) is 4.79 Å². The van der Waals surface area contributed by atoms with Gasteiger partial charge in [0.15, 0.2) is 5.96 Å². The number of nitrogens with zero attached hydrogens (tertiary/aromatic N) is 1. The standard InChI is InChI=1S/C21H27F3N4O2/c1-20(2,3)28-18(29)14-27-19(25-10-9-17-8-5-11-30-17)26-13-15-6-4-7-16(12-15)21(22,23)24/h4-8,11-12H,9-10,13-14H2,1-3H3,(H,28,29)(H2,25,26,27). The number of hydrogen-bond acceptors (Lipinski definition) is 3. The fraction of sp³-hybridized carbons (Fsp3) is 0.429. The molecular formula is C21H27F3N4O2. The summed E-state index contributed by atoms with van der Waals surface area (Å²) >= 11 is 0. The van der Waals surface area contributed by atoms with Crippen molar-refractivity contribution in [2.75, 3.05) is 13.1 Å². The number of hydrogen-bond donors (Lipinski definition) is 3. The molecule has 9 heteroatoms. The Kier molecular flexibility index (Phi) is 7.91. The molecule has 0 fully saturated rings. The van der Waals surface area contributed by atoms with Crippen molar-refractivity contribution in [2.45, 2.75) is 45.5 Å². The molecule has 6 nitrogen and oxygen atoms in total. The molecule has 0 aliphatic rings. The van der Waals surface area contributed by atoms with Crippen molar-refractivity contribution in [3.05, 3.63) is 59.5 Å². The summed E-state index contributed by atoms with van der Waals surface area (Å²) in [6.07, 6.45) is -2.24. The number of carbonyl (C=O) groups is 1. The van der Waals surface area contributed by atoms with Crippen molar-refractivity contribution in [2.24, 2.45) is 4.99 Å². The van der Waals surface area contributed by atoms with Gasteiger partial charge in [-0.25, -0.2) is 4.99 Å². The van der Waals surface area contributed by atoms with E-state index in [1.54, 1.807) is 18.4 Å². The van der Waals surface area contributed by atoms with Gasteiger partial charge in [-0.2, -0.15) is 13.2 Å². The van der Waals surface area contributed by atoms with Gasteiger partial charge in [0.1, 0.15) is 5.76 Å². The number of benzene rings is 1. The Bertz CT molecular complexity index is 841. The number of halogens is 3. The molecule has 0 atom stereocenters. The SMILES string of the molecule is CC(C)(C)NC(=O)CNC(=NCc1cccc(C(F)(F)F)c1)NCCc1ccco1. The molecule has 0 spiro atoms. The molecule has 0 saturated heterocycles. The summed E-state index contributed by atoms with van der Waals surface area (Å²) in [6, 6.07) is 8.63. The Balaban J connectivity index is 2.02. The van der Waals surface area contributed by atoms with E-state index in [1.165, 1.54) is 6.07 Å². The second kappa shape index (κ2) is 10.2. The van der Waals surface area contributed by atoms with Gasteiger partial charge in [-0.15, -0.1) is 0 Å². The van der Waals surface area contributed by atoms with Crippen molar-refractivity contribution < 1.29 is 22.4 Å². The molecule has 3 N–H and O–H groups in total. The van der Waals surface area contributed by atoms with Gasteiger partial charge < -0.3 is 20.4 Å². The minimum Gasteiger partial charge on any atom is -0.469 e. The Labute approximate surface area is 174 Å². The number of aliphatic imine (C=N–C) groups is 1. The highest BCUT2D eigenvalue weighted by Gasteiger charge is 2.30. The number of amides is 1. The zero-order chi connectivity index (χ0) is 22.2. The Morgan fingerprint density at radius 1 is 1.10 bits per heavy atom. The molecule has 30 heavy (non-hydrogen) atoms. The van der Waals surface area contributed by atoms with E-state index >= 15 is 0 Å². The van der Waals surface area contributed by atoms with Gasteiger partial charge >= 0.3 is 6.18 Å². The third-order valence-corrected chi connectivity index (χ3v) is 3.85. The van der Waals surface area contributed by atoms with Crippen molar-refractivity contribution in [3.8, 4) is 0 Å². The summed E-state index contributed by atoms with van der Waals surface area (Å²) in [4.78, 5) is 16.4. The first-order valence-corrected chi connectivity index (χ1v) is 9.55. The smallest absolute Gasteiger partial charge is 0.416 e. The minimum absolute atomic E-state index is 0.0214. The lowest BCUT2D eigenvalue weighted by Crippen LogP contribution is -2.48. The van der Waals surface area contributed by atoms with Gasteiger partial charge in [0.25, 0.3) is 0 Å². The second-order valence-corrected chi connectivity index (χ2v) is 7.77. The number of nitrogens with one attached hydrogen (secondary N) is 3. The van der Waals surface area contributed by atoms with E-state index in [-0.39, 0.29) is 24.5 Å². The quantitative estimate of drug-likeness (QED) is 0.470. The normalized spacial score (nSPS) is 12.5. The van der Waals surface area contributed by atoms with E-state index in [1.807, 2.05) is 26.8 Å². The summed E-state index contributed by atoms with van der Waals surface area (Å²) in [5.74, 6) is 0.885. The number of guanidine groups is 1. The predicted octanol–water partition coefficient (Wildman–Crippen LogP) is 3.49. The Hall–Kier alpha value is -2.97. The molecular weight excluding hydrogens is 397 g/mol. The summed E-state index contributed by atoms with van der Waals surface area (Å²) in [7, 11) is 0. The number of rotatable bonds is 7. The maximum Gasteiger partial charge on any atom is 0.416 e. The number of furan rings is 1. The molecule has 0 aliphatic carbocycles. The second-order valence-electron chi connectivity index (χ2n) is 7.77. The van der Waals surface area contributed by atoms with Gasteiger partial charge in [-0.1, -0.05) is 12.1 Å². The number of alkyl halides is 3. The molecule has 1 amide bonds. The molecule has 2 rings (SSSR count). The largest absolute Gasteiger partial charge is 0.469 e. The maximum absolute atomic E-state index is 12.9. The van der Waals surface area contributed by atoms with Gasteiger partial charge in [0.05, 0.1) is 24.9 Å².